The van der Waals surface area contributed by atoms with E-state index in [1.54, 1.807) is 0 Å². The zero-order valence-electron chi connectivity index (χ0n) is 11.3. The van der Waals surface area contributed by atoms with E-state index in [1.807, 2.05) is 19.4 Å². The van der Waals surface area contributed by atoms with Crippen LogP contribution in [0.4, 0.5) is 0 Å². The Morgan fingerprint density at radius 3 is 2.63 bits per heavy atom. The first-order chi connectivity index (χ1) is 9.29. The fourth-order valence-corrected chi connectivity index (χ4v) is 2.63. The summed E-state index contributed by atoms with van der Waals surface area (Å²) in [4.78, 5) is 6.84. The third-order valence-corrected chi connectivity index (χ3v) is 3.58. The van der Waals surface area contributed by atoms with E-state index in [0.717, 1.165) is 37.2 Å². The molecule has 0 spiro atoms. The molecule has 0 atom stereocenters. The van der Waals surface area contributed by atoms with Crippen LogP contribution in [0.15, 0.2) is 42.7 Å². The van der Waals surface area contributed by atoms with Crippen molar-refractivity contribution >= 4 is 15.9 Å². The Bertz CT molecular complexity index is 481. The van der Waals surface area contributed by atoms with Crippen LogP contribution < -0.4 is 0 Å². The SMILES string of the molecule is Cn1ccnc1CCN(CCBr)Cc1ccccc1. The summed E-state index contributed by atoms with van der Waals surface area (Å²) in [5, 5.41) is 1.00. The number of rotatable bonds is 7. The molecule has 0 fully saturated rings. The number of benzene rings is 1. The summed E-state index contributed by atoms with van der Waals surface area (Å²) >= 11 is 3.53. The van der Waals surface area contributed by atoms with Crippen LogP contribution in [-0.4, -0.2) is 32.9 Å². The van der Waals surface area contributed by atoms with Crippen LogP contribution in [-0.2, 0) is 20.0 Å². The predicted molar refractivity (Wildman–Crippen MR) is 82.4 cm³/mol. The van der Waals surface area contributed by atoms with Crippen molar-refractivity contribution in [1.29, 1.82) is 0 Å². The molecule has 0 bridgehead atoms. The smallest absolute Gasteiger partial charge is 0.109 e. The first kappa shape index (κ1) is 14.3. The first-order valence-corrected chi connectivity index (χ1v) is 7.70. The molecule has 0 aliphatic heterocycles. The number of aromatic nitrogens is 2. The molecular weight excluding hydrogens is 302 g/mol. The van der Waals surface area contributed by atoms with E-state index in [2.05, 4.69) is 60.7 Å². The average Bonchev–Trinajstić information content (AvgIpc) is 2.83. The molecule has 0 saturated carbocycles. The highest BCUT2D eigenvalue weighted by atomic mass is 79.9. The van der Waals surface area contributed by atoms with Crippen molar-refractivity contribution in [3.63, 3.8) is 0 Å². The zero-order chi connectivity index (χ0) is 13.5. The standard InChI is InChI=1S/C15H20BrN3/c1-18-12-9-17-15(18)7-10-19(11-8-16)13-14-5-3-2-4-6-14/h2-6,9,12H,7-8,10-11,13H2,1H3. The molecular formula is C15H20BrN3. The minimum absolute atomic E-state index is 0.989. The van der Waals surface area contributed by atoms with Gasteiger partial charge in [0.15, 0.2) is 0 Å². The molecule has 2 rings (SSSR count). The summed E-state index contributed by atoms with van der Waals surface area (Å²) in [6.07, 6.45) is 4.85. The van der Waals surface area contributed by atoms with Gasteiger partial charge in [0.25, 0.3) is 0 Å². The Morgan fingerprint density at radius 2 is 2.00 bits per heavy atom. The first-order valence-electron chi connectivity index (χ1n) is 6.58. The van der Waals surface area contributed by atoms with Gasteiger partial charge in [-0.3, -0.25) is 4.90 Å². The van der Waals surface area contributed by atoms with Crippen molar-refractivity contribution in [2.24, 2.45) is 7.05 Å². The summed E-state index contributed by atoms with van der Waals surface area (Å²) in [7, 11) is 2.05. The van der Waals surface area contributed by atoms with E-state index in [4.69, 9.17) is 0 Å². The van der Waals surface area contributed by atoms with E-state index < -0.39 is 0 Å². The van der Waals surface area contributed by atoms with Crippen LogP contribution in [0.25, 0.3) is 0 Å². The van der Waals surface area contributed by atoms with Crippen LogP contribution in [0.3, 0.4) is 0 Å². The Labute approximate surface area is 123 Å². The van der Waals surface area contributed by atoms with Gasteiger partial charge in [0.2, 0.25) is 0 Å². The Hall–Kier alpha value is -1.13. The molecule has 0 radical (unpaired) electrons. The van der Waals surface area contributed by atoms with Crippen molar-refractivity contribution < 1.29 is 0 Å². The average molecular weight is 322 g/mol. The monoisotopic (exact) mass is 321 g/mol. The summed E-state index contributed by atoms with van der Waals surface area (Å²) in [6.45, 7) is 3.08. The van der Waals surface area contributed by atoms with Crippen LogP contribution >= 0.6 is 15.9 Å². The number of alkyl halides is 1. The van der Waals surface area contributed by atoms with Gasteiger partial charge in [-0.05, 0) is 5.56 Å². The molecule has 4 heteroatoms. The van der Waals surface area contributed by atoms with E-state index >= 15 is 0 Å². The molecule has 1 heterocycles. The molecule has 0 aliphatic carbocycles. The molecule has 102 valence electrons. The van der Waals surface area contributed by atoms with E-state index in [0.29, 0.717) is 0 Å². The second kappa shape index (κ2) is 7.46. The fourth-order valence-electron chi connectivity index (χ4n) is 2.13. The highest BCUT2D eigenvalue weighted by molar-refractivity contribution is 9.09. The molecule has 0 saturated heterocycles. The molecule has 0 N–H and O–H groups in total. The van der Waals surface area contributed by atoms with Crippen LogP contribution in [0, 0.1) is 0 Å². The van der Waals surface area contributed by atoms with Crippen molar-refractivity contribution in [3.05, 3.63) is 54.1 Å². The molecule has 0 amide bonds. The number of aryl methyl sites for hydroxylation is 1. The highest BCUT2D eigenvalue weighted by Crippen LogP contribution is 2.06. The number of nitrogens with zero attached hydrogens (tertiary/aromatic N) is 3. The predicted octanol–water partition coefficient (Wildman–Crippen LogP) is 2.86. The third-order valence-electron chi connectivity index (χ3n) is 3.22. The molecule has 0 aliphatic rings. The number of hydrogen-bond donors (Lipinski definition) is 0. The fraction of sp³-hybridized carbons (Fsp3) is 0.400. The van der Waals surface area contributed by atoms with Gasteiger partial charge in [-0.25, -0.2) is 4.98 Å². The summed E-state index contributed by atoms with van der Waals surface area (Å²) in [5.41, 5.74) is 1.36. The lowest BCUT2D eigenvalue weighted by Crippen LogP contribution is -2.28. The molecule has 3 nitrogen and oxygen atoms in total. The van der Waals surface area contributed by atoms with Gasteiger partial charge in [0.1, 0.15) is 5.82 Å². The van der Waals surface area contributed by atoms with Gasteiger partial charge in [0.05, 0.1) is 0 Å². The second-order valence-electron chi connectivity index (χ2n) is 4.66. The summed E-state index contributed by atoms with van der Waals surface area (Å²) < 4.78 is 2.09. The quantitative estimate of drug-likeness (QED) is 0.731. The zero-order valence-corrected chi connectivity index (χ0v) is 12.9. The second-order valence-corrected chi connectivity index (χ2v) is 5.45. The maximum Gasteiger partial charge on any atom is 0.109 e. The lowest BCUT2D eigenvalue weighted by Gasteiger charge is -2.21. The van der Waals surface area contributed by atoms with Gasteiger partial charge in [-0.1, -0.05) is 46.3 Å². The van der Waals surface area contributed by atoms with Crippen molar-refractivity contribution in [1.82, 2.24) is 14.5 Å². The maximum atomic E-state index is 4.38. The van der Waals surface area contributed by atoms with Crippen molar-refractivity contribution in [2.45, 2.75) is 13.0 Å². The van der Waals surface area contributed by atoms with Gasteiger partial charge in [0, 0.05) is 50.8 Å². The topological polar surface area (TPSA) is 21.1 Å². The highest BCUT2D eigenvalue weighted by Gasteiger charge is 2.07. The summed E-state index contributed by atoms with van der Waals surface area (Å²) in [5.74, 6) is 1.15. The van der Waals surface area contributed by atoms with Crippen LogP contribution in [0.1, 0.15) is 11.4 Å². The molecule has 2 aromatic rings. The van der Waals surface area contributed by atoms with E-state index in [9.17, 15) is 0 Å². The molecule has 19 heavy (non-hydrogen) atoms. The van der Waals surface area contributed by atoms with E-state index in [-0.39, 0.29) is 0 Å². The Balaban J connectivity index is 1.91. The van der Waals surface area contributed by atoms with Gasteiger partial charge in [-0.2, -0.15) is 0 Å². The lowest BCUT2D eigenvalue weighted by molar-refractivity contribution is 0.284. The normalized spacial score (nSPS) is 11.1. The molecule has 0 unspecified atom stereocenters. The largest absolute Gasteiger partial charge is 0.338 e. The van der Waals surface area contributed by atoms with E-state index in [1.165, 1.54) is 5.56 Å². The van der Waals surface area contributed by atoms with Gasteiger partial charge < -0.3 is 4.57 Å². The Morgan fingerprint density at radius 1 is 1.21 bits per heavy atom. The van der Waals surface area contributed by atoms with Crippen LogP contribution in [0.2, 0.25) is 0 Å². The number of halogens is 1. The minimum Gasteiger partial charge on any atom is -0.338 e. The molecule has 1 aromatic heterocycles. The van der Waals surface area contributed by atoms with Crippen molar-refractivity contribution in [2.75, 3.05) is 18.4 Å². The summed E-state index contributed by atoms with van der Waals surface area (Å²) in [6, 6.07) is 10.6. The van der Waals surface area contributed by atoms with Gasteiger partial charge in [-0.15, -0.1) is 0 Å². The van der Waals surface area contributed by atoms with Gasteiger partial charge >= 0.3 is 0 Å². The minimum atomic E-state index is 0.989. The third kappa shape index (κ3) is 4.48. The lowest BCUT2D eigenvalue weighted by atomic mass is 10.2. The number of imidazole rings is 1. The number of hydrogen-bond acceptors (Lipinski definition) is 2. The Kier molecular flexibility index (Phi) is 5.61. The van der Waals surface area contributed by atoms with Crippen molar-refractivity contribution in [3.8, 4) is 0 Å². The van der Waals surface area contributed by atoms with Crippen LogP contribution in [0.5, 0.6) is 0 Å². The molecule has 1 aromatic carbocycles. The maximum absolute atomic E-state index is 4.38.